The lowest BCUT2D eigenvalue weighted by molar-refractivity contribution is 0.0612. The van der Waals surface area contributed by atoms with E-state index in [9.17, 15) is 0 Å². The Morgan fingerprint density at radius 2 is 2.09 bits per heavy atom. The second kappa shape index (κ2) is 8.89. The van der Waals surface area contributed by atoms with Crippen LogP contribution in [0.3, 0.4) is 0 Å². The smallest absolute Gasteiger partial charge is 0.180 e. The number of hydrogen-bond donors (Lipinski definition) is 1. The number of unbranched alkanes of at least 4 members (excludes halogenated alkanes) is 3. The Hall–Kier alpha value is -1.59. The van der Waals surface area contributed by atoms with Crippen molar-refractivity contribution in [3.63, 3.8) is 0 Å². The molecule has 1 unspecified atom stereocenters. The summed E-state index contributed by atoms with van der Waals surface area (Å²) in [6, 6.07) is 6.07. The third-order valence-electron chi connectivity index (χ3n) is 3.85. The third kappa shape index (κ3) is 4.69. The van der Waals surface area contributed by atoms with Crippen molar-refractivity contribution in [1.29, 1.82) is 0 Å². The van der Waals surface area contributed by atoms with Crippen LogP contribution < -0.4 is 10.5 Å². The molecule has 1 heterocycles. The number of nitrogen functional groups attached to an aromatic ring is 1. The number of methoxy groups -OCH3 is 1. The standard InChI is InChI=1S/C18H26N2O2S/c1-4-5-6-7-11-22-13(2)14-9-8-10-15(17(14)21-3)16-12-23-18(19)20-16/h8-10,12-13H,4-7,11H2,1-3H3,(H2,19,20). The van der Waals surface area contributed by atoms with Crippen LogP contribution in [-0.4, -0.2) is 18.7 Å². The minimum atomic E-state index is -0.0116. The molecular weight excluding hydrogens is 308 g/mol. The lowest BCUT2D eigenvalue weighted by Gasteiger charge is -2.18. The van der Waals surface area contributed by atoms with Crippen molar-refractivity contribution >= 4 is 16.5 Å². The number of thiazole rings is 1. The quantitative estimate of drug-likeness (QED) is 0.651. The highest BCUT2D eigenvalue weighted by Crippen LogP contribution is 2.37. The molecule has 126 valence electrons. The minimum absolute atomic E-state index is 0.0116. The first-order valence-electron chi connectivity index (χ1n) is 8.17. The largest absolute Gasteiger partial charge is 0.496 e. The number of para-hydroxylation sites is 1. The number of nitrogens with two attached hydrogens (primary N) is 1. The molecule has 1 aromatic carbocycles. The van der Waals surface area contributed by atoms with Gasteiger partial charge in [0.2, 0.25) is 0 Å². The lowest BCUT2D eigenvalue weighted by atomic mass is 10.0. The number of anilines is 1. The molecule has 0 aliphatic heterocycles. The molecule has 0 aliphatic carbocycles. The van der Waals surface area contributed by atoms with Gasteiger partial charge in [-0.3, -0.25) is 0 Å². The zero-order chi connectivity index (χ0) is 16.7. The van der Waals surface area contributed by atoms with Gasteiger partial charge in [0, 0.05) is 23.1 Å². The van der Waals surface area contributed by atoms with Gasteiger partial charge in [-0.05, 0) is 19.4 Å². The van der Waals surface area contributed by atoms with E-state index in [2.05, 4.69) is 24.9 Å². The molecule has 0 amide bonds. The molecule has 0 saturated carbocycles. The highest BCUT2D eigenvalue weighted by molar-refractivity contribution is 7.13. The predicted octanol–water partition coefficient (Wildman–Crippen LogP) is 5.06. The van der Waals surface area contributed by atoms with Crippen molar-refractivity contribution in [2.24, 2.45) is 0 Å². The molecule has 0 fully saturated rings. The molecule has 0 bridgehead atoms. The molecule has 0 radical (unpaired) electrons. The Labute approximate surface area is 142 Å². The molecule has 2 rings (SSSR count). The zero-order valence-electron chi connectivity index (χ0n) is 14.2. The summed E-state index contributed by atoms with van der Waals surface area (Å²) in [7, 11) is 1.69. The lowest BCUT2D eigenvalue weighted by Crippen LogP contribution is -2.05. The first kappa shape index (κ1) is 17.8. The first-order valence-corrected chi connectivity index (χ1v) is 9.05. The summed E-state index contributed by atoms with van der Waals surface area (Å²) < 4.78 is 11.6. The average molecular weight is 334 g/mol. The van der Waals surface area contributed by atoms with Crippen LogP contribution in [0.15, 0.2) is 23.6 Å². The van der Waals surface area contributed by atoms with Crippen LogP contribution >= 0.6 is 11.3 Å². The van der Waals surface area contributed by atoms with E-state index in [0.717, 1.165) is 35.6 Å². The van der Waals surface area contributed by atoms with E-state index in [1.807, 2.05) is 17.5 Å². The number of hydrogen-bond acceptors (Lipinski definition) is 5. The van der Waals surface area contributed by atoms with Crippen LogP contribution in [0.4, 0.5) is 5.13 Å². The summed E-state index contributed by atoms with van der Waals surface area (Å²) in [4.78, 5) is 4.36. The summed E-state index contributed by atoms with van der Waals surface area (Å²) in [5.41, 5.74) is 8.61. The molecule has 5 heteroatoms. The summed E-state index contributed by atoms with van der Waals surface area (Å²) in [6.45, 7) is 5.06. The van der Waals surface area contributed by atoms with Gasteiger partial charge in [0.15, 0.2) is 5.13 Å². The van der Waals surface area contributed by atoms with E-state index in [0.29, 0.717) is 5.13 Å². The Morgan fingerprint density at radius 3 is 2.74 bits per heavy atom. The van der Waals surface area contributed by atoms with Gasteiger partial charge in [0.05, 0.1) is 18.9 Å². The van der Waals surface area contributed by atoms with E-state index in [-0.39, 0.29) is 6.10 Å². The molecule has 1 atom stereocenters. The molecular formula is C18H26N2O2S. The zero-order valence-corrected chi connectivity index (χ0v) is 15.0. The minimum Gasteiger partial charge on any atom is -0.496 e. The molecule has 23 heavy (non-hydrogen) atoms. The van der Waals surface area contributed by atoms with Gasteiger partial charge in [0.25, 0.3) is 0 Å². The van der Waals surface area contributed by atoms with Crippen LogP contribution in [0.5, 0.6) is 5.75 Å². The van der Waals surface area contributed by atoms with Crippen LogP contribution in [0.2, 0.25) is 0 Å². The molecule has 2 N–H and O–H groups in total. The van der Waals surface area contributed by atoms with Gasteiger partial charge in [-0.1, -0.05) is 38.3 Å². The van der Waals surface area contributed by atoms with E-state index < -0.39 is 0 Å². The Bertz CT molecular complexity index is 613. The van der Waals surface area contributed by atoms with Crippen LogP contribution in [0, 0.1) is 0 Å². The van der Waals surface area contributed by atoms with Crippen molar-refractivity contribution in [2.75, 3.05) is 19.5 Å². The second-order valence-corrected chi connectivity index (χ2v) is 6.46. The molecule has 1 aromatic heterocycles. The number of ether oxygens (including phenoxy) is 2. The van der Waals surface area contributed by atoms with Crippen molar-refractivity contribution in [3.8, 4) is 17.0 Å². The fourth-order valence-corrected chi connectivity index (χ4v) is 3.16. The average Bonchev–Trinajstić information content (AvgIpc) is 3.00. The van der Waals surface area contributed by atoms with Gasteiger partial charge in [-0.2, -0.15) is 0 Å². The van der Waals surface area contributed by atoms with Gasteiger partial charge in [-0.15, -0.1) is 11.3 Å². The van der Waals surface area contributed by atoms with Gasteiger partial charge < -0.3 is 15.2 Å². The van der Waals surface area contributed by atoms with E-state index in [1.54, 1.807) is 7.11 Å². The third-order valence-corrected chi connectivity index (χ3v) is 4.53. The van der Waals surface area contributed by atoms with Crippen molar-refractivity contribution < 1.29 is 9.47 Å². The number of benzene rings is 1. The molecule has 0 aliphatic rings. The Balaban J connectivity index is 2.12. The highest BCUT2D eigenvalue weighted by atomic mass is 32.1. The summed E-state index contributed by atoms with van der Waals surface area (Å²) in [5, 5.41) is 2.51. The maximum atomic E-state index is 5.99. The monoisotopic (exact) mass is 334 g/mol. The topological polar surface area (TPSA) is 57.4 Å². The normalized spacial score (nSPS) is 12.3. The summed E-state index contributed by atoms with van der Waals surface area (Å²) in [6.07, 6.45) is 4.81. The van der Waals surface area contributed by atoms with Gasteiger partial charge in [-0.25, -0.2) is 4.98 Å². The summed E-state index contributed by atoms with van der Waals surface area (Å²) in [5.74, 6) is 0.818. The van der Waals surface area contributed by atoms with E-state index in [1.165, 1.54) is 30.6 Å². The Morgan fingerprint density at radius 1 is 1.26 bits per heavy atom. The van der Waals surface area contributed by atoms with Crippen LogP contribution in [-0.2, 0) is 4.74 Å². The maximum Gasteiger partial charge on any atom is 0.180 e. The van der Waals surface area contributed by atoms with E-state index >= 15 is 0 Å². The van der Waals surface area contributed by atoms with Crippen LogP contribution in [0.25, 0.3) is 11.3 Å². The van der Waals surface area contributed by atoms with E-state index in [4.69, 9.17) is 15.2 Å². The molecule has 0 saturated heterocycles. The SMILES string of the molecule is CCCCCCOC(C)c1cccc(-c2csc(N)n2)c1OC. The molecule has 0 spiro atoms. The fourth-order valence-electron chi connectivity index (χ4n) is 2.59. The fraction of sp³-hybridized carbons (Fsp3) is 0.500. The van der Waals surface area contributed by atoms with Crippen molar-refractivity contribution in [3.05, 3.63) is 29.1 Å². The second-order valence-electron chi connectivity index (χ2n) is 5.57. The number of nitrogens with zero attached hydrogens (tertiary/aromatic N) is 1. The van der Waals surface area contributed by atoms with Crippen molar-refractivity contribution in [2.45, 2.75) is 45.6 Å². The Kier molecular flexibility index (Phi) is 6.86. The highest BCUT2D eigenvalue weighted by Gasteiger charge is 2.17. The number of rotatable bonds is 9. The van der Waals surface area contributed by atoms with Gasteiger partial charge >= 0.3 is 0 Å². The van der Waals surface area contributed by atoms with Crippen LogP contribution in [0.1, 0.15) is 51.2 Å². The first-order chi connectivity index (χ1) is 11.2. The van der Waals surface area contributed by atoms with Gasteiger partial charge in [0.1, 0.15) is 5.75 Å². The summed E-state index contributed by atoms with van der Waals surface area (Å²) >= 11 is 1.43. The number of aromatic nitrogens is 1. The molecule has 4 nitrogen and oxygen atoms in total. The maximum absolute atomic E-state index is 5.99. The predicted molar refractivity (Wildman–Crippen MR) is 97.0 cm³/mol. The van der Waals surface area contributed by atoms with Crippen molar-refractivity contribution in [1.82, 2.24) is 4.98 Å². The molecule has 2 aromatic rings.